The second-order valence-electron chi connectivity index (χ2n) is 10.0. The molecule has 200 valence electrons. The Balaban J connectivity index is 0.000000429. The van der Waals surface area contributed by atoms with Gasteiger partial charge in [-0.15, -0.1) is 0 Å². The van der Waals surface area contributed by atoms with Crippen molar-refractivity contribution in [2.24, 2.45) is 0 Å². The average molecular weight is 531 g/mol. The fourth-order valence-electron chi connectivity index (χ4n) is 5.36. The van der Waals surface area contributed by atoms with Gasteiger partial charge in [0.1, 0.15) is 23.9 Å². The molecule has 3 nitrogen and oxygen atoms in total. The number of ether oxygens (including phenoxy) is 3. The van der Waals surface area contributed by atoms with E-state index < -0.39 is 0 Å². The lowest BCUT2D eigenvalue weighted by molar-refractivity contribution is 0.0306. The van der Waals surface area contributed by atoms with Crippen molar-refractivity contribution < 1.29 is 18.6 Å². The number of fused-ring (bicyclic) bond motifs is 5. The maximum absolute atomic E-state index is 14.7. The lowest BCUT2D eigenvalue weighted by Crippen LogP contribution is -2.22. The number of allylic oxidation sites excluding steroid dienone is 2. The van der Waals surface area contributed by atoms with Gasteiger partial charge in [0.25, 0.3) is 0 Å². The number of hydrogen-bond acceptors (Lipinski definition) is 3. The Bertz CT molecular complexity index is 1660. The van der Waals surface area contributed by atoms with Crippen molar-refractivity contribution in [1.29, 1.82) is 0 Å². The molecular weight excluding hydrogens is 499 g/mol. The quantitative estimate of drug-likeness (QED) is 0.212. The van der Waals surface area contributed by atoms with Gasteiger partial charge in [0.15, 0.2) is 0 Å². The summed E-state index contributed by atoms with van der Waals surface area (Å²) in [5.41, 5.74) is 3.32. The summed E-state index contributed by atoms with van der Waals surface area (Å²) >= 11 is 0. The van der Waals surface area contributed by atoms with Crippen LogP contribution in [-0.4, -0.2) is 12.7 Å². The first kappa shape index (κ1) is 25.8. The molecule has 0 radical (unpaired) electrons. The molecule has 0 bridgehead atoms. The third-order valence-electron chi connectivity index (χ3n) is 7.39. The van der Waals surface area contributed by atoms with E-state index in [0.29, 0.717) is 17.1 Å². The van der Waals surface area contributed by atoms with Gasteiger partial charge in [0, 0.05) is 11.6 Å². The minimum atomic E-state index is -0.303. The predicted molar refractivity (Wildman–Crippen MR) is 159 cm³/mol. The summed E-state index contributed by atoms with van der Waals surface area (Å²) in [5.74, 6) is 0.869. The second-order valence-corrected chi connectivity index (χ2v) is 10.0. The molecule has 7 rings (SSSR count). The predicted octanol–water partition coefficient (Wildman–Crippen LogP) is 9.09. The van der Waals surface area contributed by atoms with Crippen molar-refractivity contribution in [3.05, 3.63) is 144 Å². The van der Waals surface area contributed by atoms with E-state index in [-0.39, 0.29) is 18.5 Å². The molecule has 2 aliphatic rings. The van der Waals surface area contributed by atoms with Crippen molar-refractivity contribution >= 4 is 21.5 Å². The Morgan fingerprint density at radius 3 is 2.40 bits per heavy atom. The SMILES string of the molecule is C1=CCOC=C1.Fc1cc(Oc2ccccc2)ccc1COC1CCc2c(ccc3c2ccc2ccccc23)C1. The summed E-state index contributed by atoms with van der Waals surface area (Å²) in [5, 5.41) is 5.23. The molecule has 5 aromatic rings. The largest absolute Gasteiger partial charge is 0.497 e. The van der Waals surface area contributed by atoms with E-state index >= 15 is 0 Å². The Morgan fingerprint density at radius 1 is 0.775 bits per heavy atom. The van der Waals surface area contributed by atoms with E-state index in [2.05, 4.69) is 48.5 Å². The molecule has 0 fully saturated rings. The van der Waals surface area contributed by atoms with Gasteiger partial charge in [-0.2, -0.15) is 0 Å². The number of aryl methyl sites for hydroxylation is 1. The summed E-state index contributed by atoms with van der Waals surface area (Å²) in [6.45, 7) is 0.992. The first-order valence-corrected chi connectivity index (χ1v) is 13.7. The zero-order chi connectivity index (χ0) is 27.1. The standard InChI is InChI=1S/C31H25FO2.C5H6O/c32-31-19-26(34-24-7-2-1-3-8-24)13-10-23(31)20-33-25-14-17-28-22(18-25)12-16-29-27-9-5-4-6-21(27)11-15-30(28)29;1-2-4-6-5-3-1/h1-13,15-16,19,25H,14,17-18,20H2;1-4H,5H2. The van der Waals surface area contributed by atoms with Crippen LogP contribution in [0.4, 0.5) is 4.39 Å². The summed E-state index contributed by atoms with van der Waals surface area (Å²) < 4.78 is 31.4. The molecule has 1 aliphatic carbocycles. The molecule has 0 amide bonds. The van der Waals surface area contributed by atoms with Gasteiger partial charge >= 0.3 is 0 Å². The molecule has 1 atom stereocenters. The fourth-order valence-corrected chi connectivity index (χ4v) is 5.36. The van der Waals surface area contributed by atoms with E-state index in [1.807, 2.05) is 48.6 Å². The van der Waals surface area contributed by atoms with Crippen LogP contribution in [0.25, 0.3) is 21.5 Å². The first-order valence-electron chi connectivity index (χ1n) is 13.7. The van der Waals surface area contributed by atoms with Crippen LogP contribution in [0.15, 0.2) is 122 Å². The van der Waals surface area contributed by atoms with Gasteiger partial charge in [-0.1, -0.05) is 78.9 Å². The van der Waals surface area contributed by atoms with Crippen molar-refractivity contribution in [1.82, 2.24) is 0 Å². The molecule has 40 heavy (non-hydrogen) atoms. The van der Waals surface area contributed by atoms with Gasteiger partial charge < -0.3 is 14.2 Å². The highest BCUT2D eigenvalue weighted by molar-refractivity contribution is 6.08. The molecule has 0 spiro atoms. The lowest BCUT2D eigenvalue weighted by atomic mass is 9.85. The molecule has 1 aliphatic heterocycles. The van der Waals surface area contributed by atoms with Crippen LogP contribution in [-0.2, 0) is 28.9 Å². The van der Waals surface area contributed by atoms with Crippen molar-refractivity contribution in [3.8, 4) is 11.5 Å². The topological polar surface area (TPSA) is 27.7 Å². The Labute approximate surface area is 234 Å². The Morgan fingerprint density at radius 2 is 1.62 bits per heavy atom. The van der Waals surface area contributed by atoms with Crippen LogP contribution in [0, 0.1) is 5.82 Å². The number of halogens is 1. The van der Waals surface area contributed by atoms with E-state index in [9.17, 15) is 4.39 Å². The summed E-state index contributed by atoms with van der Waals surface area (Å²) in [7, 11) is 0. The van der Waals surface area contributed by atoms with E-state index in [1.165, 1.54) is 38.7 Å². The second kappa shape index (κ2) is 12.2. The highest BCUT2D eigenvalue weighted by Gasteiger charge is 2.22. The van der Waals surface area contributed by atoms with Crippen molar-refractivity contribution in [2.45, 2.75) is 32.0 Å². The first-order chi connectivity index (χ1) is 19.7. The minimum Gasteiger partial charge on any atom is -0.497 e. The summed E-state index contributed by atoms with van der Waals surface area (Å²) in [4.78, 5) is 0. The van der Waals surface area contributed by atoms with Crippen LogP contribution < -0.4 is 4.74 Å². The van der Waals surface area contributed by atoms with Crippen LogP contribution in [0.1, 0.15) is 23.1 Å². The van der Waals surface area contributed by atoms with Gasteiger partial charge in [-0.05, 0) is 82.3 Å². The maximum atomic E-state index is 14.7. The van der Waals surface area contributed by atoms with E-state index in [0.717, 1.165) is 25.9 Å². The third-order valence-corrected chi connectivity index (χ3v) is 7.39. The van der Waals surface area contributed by atoms with Gasteiger partial charge in [-0.3, -0.25) is 0 Å². The monoisotopic (exact) mass is 530 g/mol. The minimum absolute atomic E-state index is 0.0880. The molecule has 4 heteroatoms. The molecule has 1 heterocycles. The number of rotatable bonds is 5. The number of hydrogen-bond donors (Lipinski definition) is 0. The molecule has 1 unspecified atom stereocenters. The van der Waals surface area contributed by atoms with Crippen LogP contribution in [0.2, 0.25) is 0 Å². The average Bonchev–Trinajstić information content (AvgIpc) is 3.02. The van der Waals surface area contributed by atoms with Crippen molar-refractivity contribution in [2.75, 3.05) is 6.61 Å². The third kappa shape index (κ3) is 5.93. The van der Waals surface area contributed by atoms with Gasteiger partial charge in [-0.25, -0.2) is 4.39 Å². The zero-order valence-electron chi connectivity index (χ0n) is 22.3. The van der Waals surface area contributed by atoms with E-state index in [1.54, 1.807) is 18.4 Å². The summed E-state index contributed by atoms with van der Waals surface area (Å²) in [6, 6.07) is 31.9. The highest BCUT2D eigenvalue weighted by Crippen LogP contribution is 2.34. The number of para-hydroxylation sites is 1. The molecule has 0 aromatic heterocycles. The van der Waals surface area contributed by atoms with Crippen LogP contribution in [0.3, 0.4) is 0 Å². The fraction of sp³-hybridized carbons (Fsp3) is 0.167. The highest BCUT2D eigenvalue weighted by atomic mass is 19.1. The smallest absolute Gasteiger partial charge is 0.132 e. The maximum Gasteiger partial charge on any atom is 0.132 e. The number of benzene rings is 5. The molecule has 0 N–H and O–H groups in total. The Hall–Kier alpha value is -4.41. The van der Waals surface area contributed by atoms with E-state index in [4.69, 9.17) is 14.2 Å². The zero-order valence-corrected chi connectivity index (χ0v) is 22.3. The molecule has 0 saturated heterocycles. The molecule has 0 saturated carbocycles. The van der Waals surface area contributed by atoms with Crippen LogP contribution >= 0.6 is 0 Å². The van der Waals surface area contributed by atoms with Gasteiger partial charge in [0.05, 0.1) is 19.0 Å². The molecular formula is C36H31FO3. The lowest BCUT2D eigenvalue weighted by Gasteiger charge is -2.26. The summed E-state index contributed by atoms with van der Waals surface area (Å²) in [6.07, 6.45) is 10.3. The normalized spacial score (nSPS) is 15.7. The van der Waals surface area contributed by atoms with Gasteiger partial charge in [0.2, 0.25) is 0 Å². The van der Waals surface area contributed by atoms with Crippen LogP contribution in [0.5, 0.6) is 11.5 Å². The molecule has 5 aromatic carbocycles. The van der Waals surface area contributed by atoms with Crippen molar-refractivity contribution in [3.63, 3.8) is 0 Å². The Kier molecular flexibility index (Phi) is 7.87.